The maximum Gasteiger partial charge on any atom is 0.314 e. The molecule has 16 heavy (non-hydrogen) atoms. The zero-order valence-corrected chi connectivity index (χ0v) is 9.61. The van der Waals surface area contributed by atoms with Crippen LogP contribution in [0.2, 0.25) is 0 Å². The van der Waals surface area contributed by atoms with Gasteiger partial charge in [-0.05, 0) is 5.56 Å². The van der Waals surface area contributed by atoms with E-state index in [0.29, 0.717) is 5.56 Å². The number of nitrogens with two attached hydrogens (primary N) is 1. The van der Waals surface area contributed by atoms with Gasteiger partial charge in [0.1, 0.15) is 0 Å². The van der Waals surface area contributed by atoms with Crippen molar-refractivity contribution in [2.75, 3.05) is 12.9 Å². The third-order valence-electron chi connectivity index (χ3n) is 2.09. The van der Waals surface area contributed by atoms with Crippen LogP contribution in [0.25, 0.3) is 0 Å². The summed E-state index contributed by atoms with van der Waals surface area (Å²) in [6.45, 7) is 0. The third kappa shape index (κ3) is 3.63. The van der Waals surface area contributed by atoms with Crippen LogP contribution in [-0.4, -0.2) is 27.2 Å². The summed E-state index contributed by atoms with van der Waals surface area (Å²) in [7, 11) is -2.52. The minimum Gasteiger partial charge on any atom is -0.469 e. The van der Waals surface area contributed by atoms with Gasteiger partial charge in [-0.1, -0.05) is 30.3 Å². The van der Waals surface area contributed by atoms with Crippen molar-refractivity contribution < 1.29 is 17.9 Å². The highest BCUT2D eigenvalue weighted by Gasteiger charge is 2.25. The molecule has 0 bridgehead atoms. The Bertz CT molecular complexity index is 455. The minimum absolute atomic E-state index is 0.455. The van der Waals surface area contributed by atoms with E-state index in [1.807, 2.05) is 0 Å². The van der Waals surface area contributed by atoms with Gasteiger partial charge in [0.2, 0.25) is 10.0 Å². The van der Waals surface area contributed by atoms with Crippen LogP contribution >= 0.6 is 0 Å². The van der Waals surface area contributed by atoms with Gasteiger partial charge in [0.25, 0.3) is 0 Å². The lowest BCUT2D eigenvalue weighted by Gasteiger charge is -2.13. The summed E-state index contributed by atoms with van der Waals surface area (Å²) < 4.78 is 26.6. The molecule has 5 nitrogen and oxygen atoms in total. The monoisotopic (exact) mass is 243 g/mol. The molecule has 0 aliphatic heterocycles. The average molecular weight is 243 g/mol. The highest BCUT2D eigenvalue weighted by molar-refractivity contribution is 7.89. The smallest absolute Gasteiger partial charge is 0.314 e. The van der Waals surface area contributed by atoms with Crippen molar-refractivity contribution in [1.82, 2.24) is 0 Å². The first-order chi connectivity index (χ1) is 7.44. The van der Waals surface area contributed by atoms with Crippen LogP contribution in [-0.2, 0) is 19.6 Å². The number of sulfonamides is 1. The second-order valence-electron chi connectivity index (χ2n) is 3.32. The predicted molar refractivity (Wildman–Crippen MR) is 59.2 cm³/mol. The van der Waals surface area contributed by atoms with E-state index in [-0.39, 0.29) is 0 Å². The van der Waals surface area contributed by atoms with Gasteiger partial charge < -0.3 is 4.74 Å². The summed E-state index contributed by atoms with van der Waals surface area (Å²) in [5.41, 5.74) is 0.573. The van der Waals surface area contributed by atoms with Crippen LogP contribution < -0.4 is 5.14 Å². The van der Waals surface area contributed by atoms with Crippen molar-refractivity contribution in [1.29, 1.82) is 0 Å². The summed E-state index contributed by atoms with van der Waals surface area (Å²) in [4.78, 5) is 11.4. The van der Waals surface area contributed by atoms with Gasteiger partial charge in [0, 0.05) is 0 Å². The van der Waals surface area contributed by atoms with Gasteiger partial charge in [-0.15, -0.1) is 0 Å². The second kappa shape index (κ2) is 5.09. The first-order valence-corrected chi connectivity index (χ1v) is 6.29. The Labute approximate surface area is 94.3 Å². The predicted octanol–water partition coefficient (Wildman–Crippen LogP) is 0.232. The fourth-order valence-corrected chi connectivity index (χ4v) is 2.15. The van der Waals surface area contributed by atoms with Crippen molar-refractivity contribution in [3.63, 3.8) is 0 Å². The molecule has 0 aliphatic carbocycles. The molecule has 1 rings (SSSR count). The number of rotatable bonds is 4. The summed E-state index contributed by atoms with van der Waals surface area (Å²) in [5.74, 6) is -1.94. The molecule has 1 aromatic rings. The molecule has 0 heterocycles. The molecule has 1 atom stereocenters. The van der Waals surface area contributed by atoms with Crippen LogP contribution in [0.5, 0.6) is 0 Å². The highest BCUT2D eigenvalue weighted by Crippen LogP contribution is 2.18. The van der Waals surface area contributed by atoms with Crippen molar-refractivity contribution in [3.05, 3.63) is 35.9 Å². The van der Waals surface area contributed by atoms with Crippen LogP contribution in [0.1, 0.15) is 11.5 Å². The minimum atomic E-state index is -3.73. The maximum absolute atomic E-state index is 11.4. The summed E-state index contributed by atoms with van der Waals surface area (Å²) >= 11 is 0. The fourth-order valence-electron chi connectivity index (χ4n) is 1.36. The molecule has 0 aliphatic rings. The Kier molecular flexibility index (Phi) is 4.03. The fraction of sp³-hybridized carbons (Fsp3) is 0.300. The van der Waals surface area contributed by atoms with Crippen molar-refractivity contribution in [2.24, 2.45) is 5.14 Å². The maximum atomic E-state index is 11.4. The number of hydrogen-bond donors (Lipinski definition) is 1. The van der Waals surface area contributed by atoms with Crippen LogP contribution in [0, 0.1) is 0 Å². The van der Waals surface area contributed by atoms with E-state index >= 15 is 0 Å². The number of benzene rings is 1. The SMILES string of the molecule is COC(=O)C(CS(N)(=O)=O)c1ccccc1. The Morgan fingerprint density at radius 1 is 1.38 bits per heavy atom. The van der Waals surface area contributed by atoms with Gasteiger partial charge in [-0.2, -0.15) is 0 Å². The molecule has 6 heteroatoms. The normalized spacial score (nSPS) is 13.1. The van der Waals surface area contributed by atoms with Crippen LogP contribution in [0.4, 0.5) is 0 Å². The molecule has 0 aromatic heterocycles. The lowest BCUT2D eigenvalue weighted by molar-refractivity contribution is -0.141. The number of carbonyl (C=O) groups is 1. The quantitative estimate of drug-likeness (QED) is 0.767. The largest absolute Gasteiger partial charge is 0.469 e. The number of ether oxygens (including phenoxy) is 1. The van der Waals surface area contributed by atoms with E-state index in [9.17, 15) is 13.2 Å². The van der Waals surface area contributed by atoms with Crippen LogP contribution in [0.3, 0.4) is 0 Å². The number of esters is 1. The molecule has 0 saturated heterocycles. The highest BCUT2D eigenvalue weighted by atomic mass is 32.2. The van der Waals surface area contributed by atoms with Crippen LogP contribution in [0.15, 0.2) is 30.3 Å². The first-order valence-electron chi connectivity index (χ1n) is 4.57. The number of primary sulfonamides is 1. The molecule has 0 radical (unpaired) electrons. The molecule has 0 saturated carbocycles. The Morgan fingerprint density at radius 2 is 1.94 bits per heavy atom. The molecule has 88 valence electrons. The zero-order valence-electron chi connectivity index (χ0n) is 8.79. The molecule has 0 spiro atoms. The Hall–Kier alpha value is -1.40. The molecule has 0 amide bonds. The van der Waals surface area contributed by atoms with Crippen molar-refractivity contribution >= 4 is 16.0 Å². The first kappa shape index (κ1) is 12.7. The summed E-state index contributed by atoms with van der Waals surface area (Å²) in [6.07, 6.45) is 0. The van der Waals surface area contributed by atoms with Gasteiger partial charge in [0.05, 0.1) is 18.8 Å². The molecule has 2 N–H and O–H groups in total. The number of carbonyl (C=O) groups excluding carboxylic acids is 1. The van der Waals surface area contributed by atoms with Gasteiger partial charge in [-0.3, -0.25) is 4.79 Å². The number of methoxy groups -OCH3 is 1. The van der Waals surface area contributed by atoms with E-state index in [4.69, 9.17) is 5.14 Å². The van der Waals surface area contributed by atoms with E-state index in [2.05, 4.69) is 4.74 Å². The molecule has 1 aromatic carbocycles. The zero-order chi connectivity index (χ0) is 12.2. The second-order valence-corrected chi connectivity index (χ2v) is 4.98. The topological polar surface area (TPSA) is 86.5 Å². The average Bonchev–Trinajstić information content (AvgIpc) is 2.25. The van der Waals surface area contributed by atoms with Crippen molar-refractivity contribution in [2.45, 2.75) is 5.92 Å². The Balaban J connectivity index is 3.02. The van der Waals surface area contributed by atoms with E-state index in [1.165, 1.54) is 7.11 Å². The molecular formula is C10H13NO4S. The van der Waals surface area contributed by atoms with E-state index in [1.54, 1.807) is 30.3 Å². The third-order valence-corrected chi connectivity index (χ3v) is 2.88. The van der Waals surface area contributed by atoms with E-state index < -0.39 is 27.7 Å². The summed E-state index contributed by atoms with van der Waals surface area (Å²) in [5, 5.41) is 4.93. The lowest BCUT2D eigenvalue weighted by Crippen LogP contribution is -2.27. The van der Waals surface area contributed by atoms with Gasteiger partial charge in [0.15, 0.2) is 0 Å². The molecule has 1 unspecified atom stereocenters. The van der Waals surface area contributed by atoms with Gasteiger partial charge in [-0.25, -0.2) is 13.6 Å². The summed E-state index contributed by atoms with van der Waals surface area (Å²) in [6, 6.07) is 8.52. The number of hydrogen-bond acceptors (Lipinski definition) is 4. The molecular weight excluding hydrogens is 230 g/mol. The van der Waals surface area contributed by atoms with E-state index in [0.717, 1.165) is 0 Å². The Morgan fingerprint density at radius 3 is 2.38 bits per heavy atom. The van der Waals surface area contributed by atoms with Crippen molar-refractivity contribution in [3.8, 4) is 0 Å². The van der Waals surface area contributed by atoms with Gasteiger partial charge >= 0.3 is 5.97 Å². The standard InChI is InChI=1S/C10H13NO4S/c1-15-10(12)9(7-16(11,13)14)8-5-3-2-4-6-8/h2-6,9H,7H2,1H3,(H2,11,13,14). The molecule has 0 fully saturated rings. The lowest BCUT2D eigenvalue weighted by atomic mass is 10.0.